The van der Waals surface area contributed by atoms with Gasteiger partial charge in [-0.05, 0) is 28.1 Å². The Morgan fingerprint density at radius 1 is 1.62 bits per heavy atom. The molecule has 0 aromatic carbocycles. The first-order valence-electron chi connectivity index (χ1n) is 4.54. The molecule has 2 heterocycles. The summed E-state index contributed by atoms with van der Waals surface area (Å²) in [6.45, 7) is -0.260. The van der Waals surface area contributed by atoms with Gasteiger partial charge < -0.3 is 9.84 Å². The van der Waals surface area contributed by atoms with Gasteiger partial charge in [0.2, 0.25) is 0 Å². The number of methoxy groups -OCH3 is 1. The number of fused-ring (bicyclic) bond motifs is 1. The number of esters is 1. The van der Waals surface area contributed by atoms with Gasteiger partial charge in [0.25, 0.3) is 0 Å². The summed E-state index contributed by atoms with van der Waals surface area (Å²) in [4.78, 5) is 11.4. The molecule has 0 aliphatic rings. The van der Waals surface area contributed by atoms with Crippen molar-refractivity contribution >= 4 is 27.4 Å². The number of ether oxygens (including phenoxy) is 1. The number of nitrogens with zero attached hydrogens (tertiary/aromatic N) is 2. The zero-order chi connectivity index (χ0) is 11.7. The smallest absolute Gasteiger partial charge is 0.358 e. The number of aliphatic hydroxyl groups excluding tert-OH is 1. The van der Waals surface area contributed by atoms with Crippen LogP contribution in [0.5, 0.6) is 0 Å². The second kappa shape index (κ2) is 4.23. The first-order valence-corrected chi connectivity index (χ1v) is 5.33. The van der Waals surface area contributed by atoms with Gasteiger partial charge in [-0.25, -0.2) is 9.31 Å². The summed E-state index contributed by atoms with van der Waals surface area (Å²) in [5.74, 6) is -0.556. The molecule has 0 atom stereocenters. The van der Waals surface area contributed by atoms with E-state index in [0.717, 1.165) is 0 Å². The van der Waals surface area contributed by atoms with Crippen LogP contribution in [-0.2, 0) is 11.3 Å². The van der Waals surface area contributed by atoms with Crippen LogP contribution in [0.25, 0.3) is 5.52 Å². The standard InChI is InChI=1S/C10H9BrN2O3/c1-16-10(15)9-6(5-14)7-3-2-4-8(11)13(7)12-9/h2-4,14H,5H2,1H3. The average Bonchev–Trinajstić information content (AvgIpc) is 2.68. The van der Waals surface area contributed by atoms with Gasteiger partial charge in [0.15, 0.2) is 5.69 Å². The highest BCUT2D eigenvalue weighted by molar-refractivity contribution is 9.10. The maximum atomic E-state index is 11.4. The van der Waals surface area contributed by atoms with Crippen molar-refractivity contribution in [1.29, 1.82) is 0 Å². The van der Waals surface area contributed by atoms with Crippen molar-refractivity contribution < 1.29 is 14.6 Å². The average molecular weight is 285 g/mol. The maximum absolute atomic E-state index is 11.4. The predicted molar refractivity (Wildman–Crippen MR) is 60.2 cm³/mol. The molecule has 5 nitrogen and oxygen atoms in total. The lowest BCUT2D eigenvalue weighted by Gasteiger charge is -1.97. The number of hydrogen-bond acceptors (Lipinski definition) is 4. The minimum Gasteiger partial charge on any atom is -0.464 e. The second-order valence-corrected chi connectivity index (χ2v) is 3.93. The van der Waals surface area contributed by atoms with Crippen molar-refractivity contribution in [2.24, 2.45) is 0 Å². The first kappa shape index (κ1) is 11.1. The van der Waals surface area contributed by atoms with E-state index in [9.17, 15) is 9.90 Å². The lowest BCUT2D eigenvalue weighted by molar-refractivity contribution is 0.0590. The fourth-order valence-electron chi connectivity index (χ4n) is 1.50. The van der Waals surface area contributed by atoms with Gasteiger partial charge in [-0.3, -0.25) is 0 Å². The zero-order valence-corrected chi connectivity index (χ0v) is 10.1. The van der Waals surface area contributed by atoms with Crippen LogP contribution in [0.2, 0.25) is 0 Å². The molecule has 0 fully saturated rings. The molecule has 16 heavy (non-hydrogen) atoms. The summed E-state index contributed by atoms with van der Waals surface area (Å²) in [7, 11) is 1.28. The Hall–Kier alpha value is -1.40. The second-order valence-electron chi connectivity index (χ2n) is 3.12. The number of hydrogen-bond donors (Lipinski definition) is 1. The molecule has 0 amide bonds. The van der Waals surface area contributed by atoms with Gasteiger partial charge in [0, 0.05) is 5.56 Å². The number of carbonyl (C=O) groups is 1. The molecule has 0 bridgehead atoms. The van der Waals surface area contributed by atoms with Crippen molar-refractivity contribution in [2.75, 3.05) is 7.11 Å². The zero-order valence-electron chi connectivity index (χ0n) is 8.48. The molecule has 0 radical (unpaired) electrons. The number of halogens is 1. The number of rotatable bonds is 2. The molecule has 0 aliphatic heterocycles. The highest BCUT2D eigenvalue weighted by atomic mass is 79.9. The lowest BCUT2D eigenvalue weighted by atomic mass is 10.2. The van der Waals surface area contributed by atoms with E-state index in [4.69, 9.17) is 0 Å². The number of aromatic nitrogens is 2. The third-order valence-corrected chi connectivity index (χ3v) is 2.85. The van der Waals surface area contributed by atoms with Crippen LogP contribution in [0.15, 0.2) is 22.8 Å². The molecule has 2 aromatic rings. The largest absolute Gasteiger partial charge is 0.464 e. The summed E-state index contributed by atoms with van der Waals surface area (Å²) in [6, 6.07) is 5.37. The quantitative estimate of drug-likeness (QED) is 0.668. The predicted octanol–water partition coefficient (Wildman–Crippen LogP) is 1.38. The van der Waals surface area contributed by atoms with Crippen molar-refractivity contribution in [1.82, 2.24) is 9.61 Å². The van der Waals surface area contributed by atoms with E-state index in [-0.39, 0.29) is 12.3 Å². The fraction of sp³-hybridized carbons (Fsp3) is 0.200. The summed E-state index contributed by atoms with van der Waals surface area (Å²) in [5, 5.41) is 13.4. The molecule has 0 unspecified atom stereocenters. The molecule has 0 aliphatic carbocycles. The topological polar surface area (TPSA) is 63.8 Å². The molecule has 0 saturated carbocycles. The Morgan fingerprint density at radius 3 is 3.00 bits per heavy atom. The summed E-state index contributed by atoms with van der Waals surface area (Å²) in [5.41, 5.74) is 1.28. The van der Waals surface area contributed by atoms with Gasteiger partial charge in [-0.2, -0.15) is 5.10 Å². The van der Waals surface area contributed by atoms with Gasteiger partial charge >= 0.3 is 5.97 Å². The van der Waals surface area contributed by atoms with Crippen LogP contribution < -0.4 is 0 Å². The van der Waals surface area contributed by atoms with E-state index in [1.165, 1.54) is 11.6 Å². The van der Waals surface area contributed by atoms with Crippen LogP contribution in [-0.4, -0.2) is 27.8 Å². The van der Waals surface area contributed by atoms with Gasteiger partial charge in [-0.1, -0.05) is 6.07 Å². The normalized spacial score (nSPS) is 10.7. The Balaban J connectivity index is 2.76. The monoisotopic (exact) mass is 284 g/mol. The van der Waals surface area contributed by atoms with E-state index < -0.39 is 5.97 Å². The molecular weight excluding hydrogens is 276 g/mol. The van der Waals surface area contributed by atoms with E-state index in [1.807, 2.05) is 0 Å². The lowest BCUT2D eigenvalue weighted by Crippen LogP contribution is -2.05. The van der Waals surface area contributed by atoms with Crippen molar-refractivity contribution in [3.63, 3.8) is 0 Å². The molecular formula is C10H9BrN2O3. The molecule has 0 spiro atoms. The third kappa shape index (κ3) is 1.60. The molecule has 84 valence electrons. The Bertz CT molecular complexity index is 550. The molecule has 2 rings (SSSR count). The highest BCUT2D eigenvalue weighted by Crippen LogP contribution is 2.20. The van der Waals surface area contributed by atoms with E-state index in [2.05, 4.69) is 25.8 Å². The number of carbonyl (C=O) groups excluding carboxylic acids is 1. The summed E-state index contributed by atoms with van der Waals surface area (Å²) >= 11 is 3.31. The number of pyridine rings is 1. The van der Waals surface area contributed by atoms with Gasteiger partial charge in [-0.15, -0.1) is 0 Å². The van der Waals surface area contributed by atoms with Crippen molar-refractivity contribution in [2.45, 2.75) is 6.61 Å². The van der Waals surface area contributed by atoms with Crippen LogP contribution in [0.1, 0.15) is 16.1 Å². The van der Waals surface area contributed by atoms with Crippen molar-refractivity contribution in [3.05, 3.63) is 34.1 Å². The SMILES string of the molecule is COC(=O)c1nn2c(Br)cccc2c1CO. The summed E-state index contributed by atoms with van der Waals surface area (Å²) in [6.07, 6.45) is 0. The Kier molecular flexibility index (Phi) is 2.93. The van der Waals surface area contributed by atoms with E-state index in [1.54, 1.807) is 18.2 Å². The van der Waals surface area contributed by atoms with Crippen LogP contribution in [0, 0.1) is 0 Å². The highest BCUT2D eigenvalue weighted by Gasteiger charge is 2.19. The van der Waals surface area contributed by atoms with Crippen LogP contribution >= 0.6 is 15.9 Å². The van der Waals surface area contributed by atoms with E-state index >= 15 is 0 Å². The Morgan fingerprint density at radius 2 is 2.38 bits per heavy atom. The summed E-state index contributed by atoms with van der Waals surface area (Å²) < 4.78 is 6.85. The minimum atomic E-state index is -0.556. The molecule has 6 heteroatoms. The first-order chi connectivity index (χ1) is 7.69. The fourth-order valence-corrected chi connectivity index (χ4v) is 1.93. The van der Waals surface area contributed by atoms with Gasteiger partial charge in [0.05, 0.1) is 19.2 Å². The Labute approximate surface area is 99.8 Å². The van der Waals surface area contributed by atoms with Crippen LogP contribution in [0.3, 0.4) is 0 Å². The van der Waals surface area contributed by atoms with Crippen molar-refractivity contribution in [3.8, 4) is 0 Å². The third-order valence-electron chi connectivity index (χ3n) is 2.25. The van der Waals surface area contributed by atoms with E-state index in [0.29, 0.717) is 15.7 Å². The minimum absolute atomic E-state index is 0.136. The van der Waals surface area contributed by atoms with Crippen LogP contribution in [0.4, 0.5) is 0 Å². The molecule has 2 aromatic heterocycles. The molecule has 1 N–H and O–H groups in total. The van der Waals surface area contributed by atoms with Gasteiger partial charge in [0.1, 0.15) is 4.60 Å². The molecule has 0 saturated heterocycles. The number of aliphatic hydroxyl groups is 1. The maximum Gasteiger partial charge on any atom is 0.358 e.